The van der Waals surface area contributed by atoms with Crippen LogP contribution in [0.3, 0.4) is 0 Å². The Balaban J connectivity index is 1.81. The summed E-state index contributed by atoms with van der Waals surface area (Å²) in [5.74, 6) is -1.54. The molecule has 2 aromatic rings. The Morgan fingerprint density at radius 2 is 1.95 bits per heavy atom. The van der Waals surface area contributed by atoms with Crippen molar-refractivity contribution in [2.75, 3.05) is 10.3 Å². The Morgan fingerprint density at radius 1 is 1.23 bits per heavy atom. The van der Waals surface area contributed by atoms with Crippen LogP contribution >= 0.6 is 11.3 Å². The summed E-state index contributed by atoms with van der Waals surface area (Å²) in [6, 6.07) is 9.10. The van der Waals surface area contributed by atoms with Gasteiger partial charge in [-0.2, -0.15) is 10.1 Å². The monoisotopic (exact) mass is 313 g/mol. The molecule has 0 saturated carbocycles. The third-order valence-electron chi connectivity index (χ3n) is 3.51. The minimum atomic E-state index is -0.875. The van der Waals surface area contributed by atoms with E-state index in [0.29, 0.717) is 11.4 Å². The quantitative estimate of drug-likeness (QED) is 0.885. The van der Waals surface area contributed by atoms with Crippen LogP contribution in [-0.4, -0.2) is 17.5 Å². The second-order valence-corrected chi connectivity index (χ2v) is 5.86. The fraction of sp³-hybridized carbons (Fsp3) is 0.188. The van der Waals surface area contributed by atoms with Gasteiger partial charge in [0.25, 0.3) is 5.91 Å². The molecular weight excluding hydrogens is 298 g/mol. The maximum atomic E-state index is 12.5. The molecule has 0 fully saturated rings. The highest BCUT2D eigenvalue weighted by molar-refractivity contribution is 7.08. The van der Waals surface area contributed by atoms with Gasteiger partial charge in [0.2, 0.25) is 5.91 Å². The number of nitrogens with one attached hydrogen (secondary N) is 1. The molecule has 0 saturated heterocycles. The first-order valence-electron chi connectivity index (χ1n) is 6.85. The van der Waals surface area contributed by atoms with Crippen molar-refractivity contribution < 1.29 is 9.59 Å². The van der Waals surface area contributed by atoms with Gasteiger partial charge in [0, 0.05) is 5.38 Å². The molecule has 5 nitrogen and oxygen atoms in total. The standard InChI is InChI=1S/C16H15N3O2S/c1-10-8-22-9-13(10)17-15(20)14-11(2)18-19(16(14)21)12-6-4-3-5-7-12/h3-9,14H,1-2H3,(H,17,20). The maximum absolute atomic E-state index is 12.5. The zero-order valence-corrected chi connectivity index (χ0v) is 13.1. The van der Waals surface area contributed by atoms with E-state index in [9.17, 15) is 9.59 Å². The van der Waals surface area contributed by atoms with Crippen molar-refractivity contribution in [1.29, 1.82) is 0 Å². The minimum absolute atomic E-state index is 0.325. The van der Waals surface area contributed by atoms with Gasteiger partial charge in [-0.05, 0) is 36.9 Å². The van der Waals surface area contributed by atoms with E-state index in [1.165, 1.54) is 16.3 Å². The molecule has 1 aromatic carbocycles. The average molecular weight is 313 g/mol. The highest BCUT2D eigenvalue weighted by atomic mass is 32.1. The molecule has 1 atom stereocenters. The predicted octanol–water partition coefficient (Wildman–Crippen LogP) is 3.03. The summed E-state index contributed by atoms with van der Waals surface area (Å²) in [4.78, 5) is 25.0. The van der Waals surface area contributed by atoms with E-state index in [-0.39, 0.29) is 11.8 Å². The Hall–Kier alpha value is -2.47. The van der Waals surface area contributed by atoms with Crippen molar-refractivity contribution in [3.05, 3.63) is 46.7 Å². The number of benzene rings is 1. The fourth-order valence-corrected chi connectivity index (χ4v) is 3.10. The summed E-state index contributed by atoms with van der Waals surface area (Å²) >= 11 is 1.51. The topological polar surface area (TPSA) is 61.8 Å². The van der Waals surface area contributed by atoms with Crippen molar-refractivity contribution in [3.63, 3.8) is 0 Å². The summed E-state index contributed by atoms with van der Waals surface area (Å²) in [6.07, 6.45) is 0. The zero-order valence-electron chi connectivity index (χ0n) is 12.2. The molecule has 112 valence electrons. The highest BCUT2D eigenvalue weighted by Gasteiger charge is 2.39. The number of carbonyl (C=O) groups is 2. The first-order chi connectivity index (χ1) is 10.6. The van der Waals surface area contributed by atoms with Gasteiger partial charge in [0.05, 0.1) is 17.1 Å². The summed E-state index contributed by atoms with van der Waals surface area (Å²) in [5, 5.41) is 12.1. The Bertz CT molecular complexity index is 752. The molecule has 1 aliphatic heterocycles. The maximum Gasteiger partial charge on any atom is 0.265 e. The lowest BCUT2D eigenvalue weighted by Crippen LogP contribution is -2.36. The average Bonchev–Trinajstić information content (AvgIpc) is 3.03. The second-order valence-electron chi connectivity index (χ2n) is 5.12. The number of rotatable bonds is 3. The van der Waals surface area contributed by atoms with Crippen LogP contribution in [0.5, 0.6) is 0 Å². The number of para-hydroxylation sites is 1. The molecule has 1 aromatic heterocycles. The van der Waals surface area contributed by atoms with Gasteiger partial charge in [-0.15, -0.1) is 11.3 Å². The number of thiophene rings is 1. The van der Waals surface area contributed by atoms with Crippen LogP contribution in [0.2, 0.25) is 0 Å². The summed E-state index contributed by atoms with van der Waals surface area (Å²) in [5.41, 5.74) is 2.89. The number of carbonyl (C=O) groups excluding carboxylic acids is 2. The van der Waals surface area contributed by atoms with Crippen molar-refractivity contribution in [1.82, 2.24) is 0 Å². The van der Waals surface area contributed by atoms with E-state index in [1.807, 2.05) is 35.9 Å². The smallest absolute Gasteiger partial charge is 0.265 e. The third-order valence-corrected chi connectivity index (χ3v) is 4.37. The number of hydrogen-bond donors (Lipinski definition) is 1. The lowest BCUT2D eigenvalue weighted by molar-refractivity contribution is -0.127. The van der Waals surface area contributed by atoms with E-state index in [0.717, 1.165) is 11.3 Å². The molecule has 0 bridgehead atoms. The van der Waals surface area contributed by atoms with Crippen LogP contribution in [-0.2, 0) is 9.59 Å². The van der Waals surface area contributed by atoms with Gasteiger partial charge in [-0.1, -0.05) is 18.2 Å². The van der Waals surface area contributed by atoms with E-state index in [2.05, 4.69) is 10.4 Å². The van der Waals surface area contributed by atoms with Gasteiger partial charge >= 0.3 is 0 Å². The Kier molecular flexibility index (Phi) is 3.77. The van der Waals surface area contributed by atoms with Gasteiger partial charge in [0.1, 0.15) is 0 Å². The van der Waals surface area contributed by atoms with Crippen LogP contribution in [0, 0.1) is 12.8 Å². The molecule has 0 spiro atoms. The largest absolute Gasteiger partial charge is 0.324 e. The molecule has 0 aliphatic carbocycles. The first kappa shape index (κ1) is 14.5. The fourth-order valence-electron chi connectivity index (χ4n) is 2.32. The second kappa shape index (κ2) is 5.73. The molecule has 6 heteroatoms. The van der Waals surface area contributed by atoms with Crippen LogP contribution in [0.15, 0.2) is 46.2 Å². The molecule has 22 heavy (non-hydrogen) atoms. The van der Waals surface area contributed by atoms with Crippen LogP contribution in [0.4, 0.5) is 11.4 Å². The Morgan fingerprint density at radius 3 is 2.59 bits per heavy atom. The lowest BCUT2D eigenvalue weighted by atomic mass is 10.0. The molecule has 1 N–H and O–H groups in total. The van der Waals surface area contributed by atoms with Gasteiger partial charge in [-0.25, -0.2) is 0 Å². The molecule has 0 radical (unpaired) electrons. The third kappa shape index (κ3) is 2.53. The Labute approximate surface area is 132 Å². The number of nitrogens with zero attached hydrogens (tertiary/aromatic N) is 2. The number of aryl methyl sites for hydroxylation is 1. The van der Waals surface area contributed by atoms with E-state index < -0.39 is 5.92 Å². The predicted molar refractivity (Wildman–Crippen MR) is 88.2 cm³/mol. The number of hydrazone groups is 1. The van der Waals surface area contributed by atoms with E-state index in [4.69, 9.17) is 0 Å². The van der Waals surface area contributed by atoms with E-state index in [1.54, 1.807) is 19.1 Å². The van der Waals surface area contributed by atoms with Crippen LogP contribution in [0.1, 0.15) is 12.5 Å². The molecule has 1 aliphatic rings. The van der Waals surface area contributed by atoms with Crippen molar-refractivity contribution in [3.8, 4) is 0 Å². The molecular formula is C16H15N3O2S. The first-order valence-corrected chi connectivity index (χ1v) is 7.80. The van der Waals surface area contributed by atoms with Gasteiger partial charge < -0.3 is 5.32 Å². The highest BCUT2D eigenvalue weighted by Crippen LogP contribution is 2.26. The van der Waals surface area contributed by atoms with Crippen molar-refractivity contribution in [2.45, 2.75) is 13.8 Å². The van der Waals surface area contributed by atoms with Gasteiger partial charge in [-0.3, -0.25) is 9.59 Å². The van der Waals surface area contributed by atoms with Gasteiger partial charge in [0.15, 0.2) is 5.92 Å². The molecule has 1 unspecified atom stereocenters. The summed E-state index contributed by atoms with van der Waals surface area (Å²) < 4.78 is 0. The zero-order chi connectivity index (χ0) is 15.7. The number of hydrogen-bond acceptors (Lipinski definition) is 4. The normalized spacial score (nSPS) is 17.5. The summed E-state index contributed by atoms with van der Waals surface area (Å²) in [7, 11) is 0. The summed E-state index contributed by atoms with van der Waals surface area (Å²) in [6.45, 7) is 3.62. The number of anilines is 2. The van der Waals surface area contributed by atoms with Crippen molar-refractivity contribution >= 4 is 40.2 Å². The SMILES string of the molecule is CC1=NN(c2ccccc2)C(=O)C1C(=O)Nc1cscc1C. The molecule has 2 heterocycles. The van der Waals surface area contributed by atoms with Crippen LogP contribution < -0.4 is 10.3 Å². The minimum Gasteiger partial charge on any atom is -0.324 e. The molecule has 2 amide bonds. The van der Waals surface area contributed by atoms with Crippen LogP contribution in [0.25, 0.3) is 0 Å². The molecule has 3 rings (SSSR count). The lowest BCUT2D eigenvalue weighted by Gasteiger charge is -2.14. The number of amides is 2. The van der Waals surface area contributed by atoms with E-state index >= 15 is 0 Å². The van der Waals surface area contributed by atoms with Crippen molar-refractivity contribution in [2.24, 2.45) is 11.0 Å².